The third-order valence-electron chi connectivity index (χ3n) is 3.44. The molecule has 0 aliphatic heterocycles. The van der Waals surface area contributed by atoms with Crippen molar-refractivity contribution in [3.05, 3.63) is 48.6 Å². The van der Waals surface area contributed by atoms with Gasteiger partial charge in [-0.05, 0) is 31.5 Å². The monoisotopic (exact) mass is 245 g/mol. The van der Waals surface area contributed by atoms with E-state index in [-0.39, 0.29) is 0 Å². The van der Waals surface area contributed by atoms with E-state index in [2.05, 4.69) is 48.8 Å². The van der Waals surface area contributed by atoms with Gasteiger partial charge in [0.05, 0.1) is 32.6 Å². The molecule has 0 bridgehead atoms. The van der Waals surface area contributed by atoms with Crippen molar-refractivity contribution < 1.29 is 8.98 Å². The number of pyridine rings is 1. The van der Waals surface area contributed by atoms with Crippen molar-refractivity contribution in [1.29, 1.82) is 0 Å². The van der Waals surface area contributed by atoms with E-state index in [4.69, 9.17) is 4.42 Å². The van der Waals surface area contributed by atoms with Crippen LogP contribution < -0.4 is 9.47 Å². The Morgan fingerprint density at radius 3 is 2.78 bits per heavy atom. The van der Waals surface area contributed by atoms with Gasteiger partial charge in [-0.2, -0.15) is 0 Å². The third kappa shape index (κ3) is 2.92. The van der Waals surface area contributed by atoms with Gasteiger partial charge in [0.15, 0.2) is 0 Å². The number of nitrogens with zero attached hydrogens (tertiary/aromatic N) is 2. The predicted octanol–water partition coefficient (Wildman–Crippen LogP) is 2.56. The Bertz CT molecular complexity index is 479. The summed E-state index contributed by atoms with van der Waals surface area (Å²) in [5.74, 6) is 2.29. The van der Waals surface area contributed by atoms with Gasteiger partial charge in [0.1, 0.15) is 5.76 Å². The van der Waals surface area contributed by atoms with E-state index >= 15 is 0 Å². The zero-order valence-electron chi connectivity index (χ0n) is 11.3. The quantitative estimate of drug-likeness (QED) is 0.755. The summed E-state index contributed by atoms with van der Waals surface area (Å²) in [5, 5.41) is 0. The van der Waals surface area contributed by atoms with Crippen LogP contribution in [0.3, 0.4) is 0 Å². The standard InChI is InChI=1S/C15H21N2O/c1-13(9-10-14-7-6-12-18-14)17(3)15-8-4-5-11-16(15)2/h4-8,11-13H,9-10H2,1-3H3/q+1. The molecule has 96 valence electrons. The van der Waals surface area contributed by atoms with E-state index < -0.39 is 0 Å². The first-order valence-corrected chi connectivity index (χ1v) is 6.38. The van der Waals surface area contributed by atoms with E-state index in [0.717, 1.165) is 18.6 Å². The molecule has 0 fully saturated rings. The molecular formula is C15H21N2O+. The lowest BCUT2D eigenvalue weighted by Crippen LogP contribution is -2.41. The van der Waals surface area contributed by atoms with Crippen LogP contribution in [-0.4, -0.2) is 13.1 Å². The molecule has 0 aromatic carbocycles. The molecule has 0 N–H and O–H groups in total. The first-order chi connectivity index (χ1) is 8.68. The molecule has 2 aromatic heterocycles. The molecular weight excluding hydrogens is 224 g/mol. The van der Waals surface area contributed by atoms with Crippen LogP contribution in [0.25, 0.3) is 0 Å². The van der Waals surface area contributed by atoms with Crippen molar-refractivity contribution in [2.45, 2.75) is 25.8 Å². The summed E-state index contributed by atoms with van der Waals surface area (Å²) in [6, 6.07) is 10.7. The second-order valence-electron chi connectivity index (χ2n) is 4.75. The van der Waals surface area contributed by atoms with E-state index in [9.17, 15) is 0 Å². The number of rotatable bonds is 5. The van der Waals surface area contributed by atoms with E-state index in [1.807, 2.05) is 18.2 Å². The second kappa shape index (κ2) is 5.71. The summed E-state index contributed by atoms with van der Waals surface area (Å²) in [6.45, 7) is 2.25. The van der Waals surface area contributed by atoms with Crippen LogP contribution in [0.5, 0.6) is 0 Å². The maximum Gasteiger partial charge on any atom is 0.276 e. The Kier molecular flexibility index (Phi) is 4.03. The molecule has 0 saturated heterocycles. The molecule has 1 unspecified atom stereocenters. The minimum Gasteiger partial charge on any atom is -0.469 e. The van der Waals surface area contributed by atoms with Crippen molar-refractivity contribution >= 4 is 5.82 Å². The van der Waals surface area contributed by atoms with Crippen LogP contribution in [0.2, 0.25) is 0 Å². The normalized spacial score (nSPS) is 12.4. The van der Waals surface area contributed by atoms with Crippen LogP contribution >= 0.6 is 0 Å². The van der Waals surface area contributed by atoms with Gasteiger partial charge in [-0.3, -0.25) is 4.90 Å². The Hall–Kier alpha value is -1.77. The van der Waals surface area contributed by atoms with Crippen molar-refractivity contribution in [2.24, 2.45) is 7.05 Å². The average molecular weight is 245 g/mol. The largest absolute Gasteiger partial charge is 0.469 e. The number of anilines is 1. The van der Waals surface area contributed by atoms with Crippen LogP contribution in [0.4, 0.5) is 5.82 Å². The summed E-state index contributed by atoms with van der Waals surface area (Å²) in [7, 11) is 4.22. The van der Waals surface area contributed by atoms with Crippen LogP contribution in [0.15, 0.2) is 47.2 Å². The van der Waals surface area contributed by atoms with Crippen LogP contribution in [0, 0.1) is 0 Å². The molecule has 0 aliphatic rings. The molecule has 2 rings (SSSR count). The Morgan fingerprint density at radius 1 is 1.28 bits per heavy atom. The van der Waals surface area contributed by atoms with E-state index in [1.54, 1.807) is 6.26 Å². The lowest BCUT2D eigenvalue weighted by atomic mass is 10.1. The number of hydrogen-bond donors (Lipinski definition) is 0. The van der Waals surface area contributed by atoms with Crippen LogP contribution in [0.1, 0.15) is 19.1 Å². The number of aryl methyl sites for hydroxylation is 2. The van der Waals surface area contributed by atoms with Gasteiger partial charge in [-0.1, -0.05) is 6.07 Å². The third-order valence-corrected chi connectivity index (χ3v) is 3.44. The van der Waals surface area contributed by atoms with E-state index in [0.29, 0.717) is 6.04 Å². The van der Waals surface area contributed by atoms with Gasteiger partial charge in [0.2, 0.25) is 0 Å². The summed E-state index contributed by atoms with van der Waals surface area (Å²) in [5.41, 5.74) is 0. The number of hydrogen-bond acceptors (Lipinski definition) is 2. The summed E-state index contributed by atoms with van der Waals surface area (Å²) in [4.78, 5) is 2.31. The molecule has 0 saturated carbocycles. The molecule has 2 aromatic rings. The SMILES string of the molecule is CC(CCc1ccco1)N(C)c1cccc[n+]1C. The maximum atomic E-state index is 5.37. The molecule has 3 nitrogen and oxygen atoms in total. The first kappa shape index (κ1) is 12.7. The highest BCUT2D eigenvalue weighted by Gasteiger charge is 2.19. The average Bonchev–Trinajstić information content (AvgIpc) is 2.89. The Labute approximate surface area is 109 Å². The topological polar surface area (TPSA) is 20.3 Å². The molecule has 0 spiro atoms. The minimum absolute atomic E-state index is 0.476. The predicted molar refractivity (Wildman–Crippen MR) is 72.5 cm³/mol. The Morgan fingerprint density at radius 2 is 2.11 bits per heavy atom. The molecule has 0 radical (unpaired) electrons. The number of furan rings is 1. The first-order valence-electron chi connectivity index (χ1n) is 6.38. The van der Waals surface area contributed by atoms with Gasteiger partial charge >= 0.3 is 0 Å². The van der Waals surface area contributed by atoms with Crippen molar-refractivity contribution in [1.82, 2.24) is 0 Å². The highest BCUT2D eigenvalue weighted by Crippen LogP contribution is 2.14. The van der Waals surface area contributed by atoms with Gasteiger partial charge in [0.25, 0.3) is 5.82 Å². The van der Waals surface area contributed by atoms with Crippen molar-refractivity contribution in [3.63, 3.8) is 0 Å². The van der Waals surface area contributed by atoms with Gasteiger partial charge < -0.3 is 4.42 Å². The van der Waals surface area contributed by atoms with Crippen molar-refractivity contribution in [3.8, 4) is 0 Å². The molecule has 18 heavy (non-hydrogen) atoms. The number of aromatic nitrogens is 1. The summed E-state index contributed by atoms with van der Waals surface area (Å²) in [6.07, 6.45) is 5.87. The molecule has 1 atom stereocenters. The zero-order valence-corrected chi connectivity index (χ0v) is 11.3. The Balaban J connectivity index is 1.96. The summed E-state index contributed by atoms with van der Waals surface area (Å²) >= 11 is 0. The van der Waals surface area contributed by atoms with E-state index in [1.165, 1.54) is 5.82 Å². The fourth-order valence-corrected chi connectivity index (χ4v) is 2.11. The molecule has 0 aliphatic carbocycles. The smallest absolute Gasteiger partial charge is 0.276 e. The van der Waals surface area contributed by atoms with Gasteiger partial charge in [-0.25, -0.2) is 4.57 Å². The molecule has 3 heteroatoms. The lowest BCUT2D eigenvalue weighted by molar-refractivity contribution is -0.659. The lowest BCUT2D eigenvalue weighted by Gasteiger charge is -2.20. The van der Waals surface area contributed by atoms with Gasteiger partial charge in [-0.15, -0.1) is 0 Å². The molecule has 2 heterocycles. The minimum atomic E-state index is 0.476. The van der Waals surface area contributed by atoms with Crippen molar-refractivity contribution in [2.75, 3.05) is 11.9 Å². The fourth-order valence-electron chi connectivity index (χ4n) is 2.11. The molecule has 0 amide bonds. The highest BCUT2D eigenvalue weighted by atomic mass is 16.3. The second-order valence-corrected chi connectivity index (χ2v) is 4.75. The highest BCUT2D eigenvalue weighted by molar-refractivity contribution is 5.32. The van der Waals surface area contributed by atoms with Crippen LogP contribution in [-0.2, 0) is 13.5 Å². The zero-order chi connectivity index (χ0) is 13.0. The summed E-state index contributed by atoms with van der Waals surface area (Å²) < 4.78 is 7.51. The van der Waals surface area contributed by atoms with Gasteiger partial charge in [0, 0.05) is 12.5 Å². The maximum absolute atomic E-state index is 5.37. The fraction of sp³-hybridized carbons (Fsp3) is 0.400.